The summed E-state index contributed by atoms with van der Waals surface area (Å²) in [6.07, 6.45) is 0. The zero-order valence-corrected chi connectivity index (χ0v) is 13.5. The fraction of sp³-hybridized carbons (Fsp3) is 0.133. The van der Waals surface area contributed by atoms with E-state index in [2.05, 4.69) is 5.32 Å². The first-order valence-corrected chi connectivity index (χ1v) is 7.37. The maximum atomic E-state index is 13.0. The summed E-state index contributed by atoms with van der Waals surface area (Å²) in [5, 5.41) is 2.73. The molecule has 0 atom stereocenters. The third-order valence-electron chi connectivity index (χ3n) is 2.68. The quantitative estimate of drug-likeness (QED) is 0.608. The Balaban J connectivity index is 2.23. The van der Waals surface area contributed by atoms with Crippen LogP contribution in [-0.2, 0) is 0 Å². The molecule has 4 nitrogen and oxygen atoms in total. The molecular formula is C15H14FIN2O2. The van der Waals surface area contributed by atoms with Gasteiger partial charge in [0.25, 0.3) is 5.91 Å². The lowest BCUT2D eigenvalue weighted by Gasteiger charge is -2.10. The van der Waals surface area contributed by atoms with E-state index in [0.717, 1.165) is 0 Å². The first-order valence-electron chi connectivity index (χ1n) is 6.29. The van der Waals surface area contributed by atoms with Crippen molar-refractivity contribution < 1.29 is 13.9 Å². The summed E-state index contributed by atoms with van der Waals surface area (Å²) >= 11 is 1.96. The average Bonchev–Trinajstić information content (AvgIpc) is 2.41. The number of nitrogens with one attached hydrogen (secondary N) is 1. The molecule has 0 heterocycles. The lowest BCUT2D eigenvalue weighted by atomic mass is 10.1. The first-order chi connectivity index (χ1) is 9.99. The molecule has 0 saturated carbocycles. The molecule has 3 N–H and O–H groups in total. The summed E-state index contributed by atoms with van der Waals surface area (Å²) < 4.78 is 19.0. The van der Waals surface area contributed by atoms with Gasteiger partial charge in [-0.25, -0.2) is 4.39 Å². The van der Waals surface area contributed by atoms with Crippen LogP contribution in [0.2, 0.25) is 0 Å². The van der Waals surface area contributed by atoms with E-state index in [1.165, 1.54) is 18.2 Å². The van der Waals surface area contributed by atoms with Gasteiger partial charge in [0.15, 0.2) is 0 Å². The molecule has 0 aliphatic rings. The van der Waals surface area contributed by atoms with Crippen molar-refractivity contribution in [1.29, 1.82) is 0 Å². The number of ether oxygens (including phenoxy) is 1. The zero-order chi connectivity index (χ0) is 15.4. The van der Waals surface area contributed by atoms with Crippen molar-refractivity contribution in [1.82, 2.24) is 0 Å². The van der Waals surface area contributed by atoms with Crippen molar-refractivity contribution >= 4 is 39.9 Å². The number of halogens is 2. The minimum Gasteiger partial charge on any atom is -0.494 e. The van der Waals surface area contributed by atoms with Crippen molar-refractivity contribution in [2.75, 3.05) is 17.7 Å². The minimum atomic E-state index is -0.347. The van der Waals surface area contributed by atoms with Gasteiger partial charge in [-0.2, -0.15) is 0 Å². The van der Waals surface area contributed by atoms with Gasteiger partial charge in [0.05, 0.1) is 12.3 Å². The van der Waals surface area contributed by atoms with E-state index in [9.17, 15) is 9.18 Å². The molecule has 21 heavy (non-hydrogen) atoms. The molecular weight excluding hydrogens is 386 g/mol. The molecule has 110 valence electrons. The molecule has 6 heteroatoms. The second kappa shape index (κ2) is 6.75. The zero-order valence-electron chi connectivity index (χ0n) is 11.3. The lowest BCUT2D eigenvalue weighted by molar-refractivity contribution is 0.102. The van der Waals surface area contributed by atoms with Crippen LogP contribution in [0.4, 0.5) is 15.8 Å². The van der Waals surface area contributed by atoms with E-state index in [-0.39, 0.29) is 11.7 Å². The minimum absolute atomic E-state index is 0.326. The molecule has 0 spiro atoms. The molecule has 0 aromatic heterocycles. The topological polar surface area (TPSA) is 64.3 Å². The van der Waals surface area contributed by atoms with Crippen molar-refractivity contribution in [3.8, 4) is 5.75 Å². The van der Waals surface area contributed by atoms with Crippen molar-refractivity contribution in [2.45, 2.75) is 6.92 Å². The number of nitrogen functional groups attached to an aromatic ring is 1. The Morgan fingerprint density at radius 1 is 1.33 bits per heavy atom. The summed E-state index contributed by atoms with van der Waals surface area (Å²) in [4.78, 5) is 12.2. The van der Waals surface area contributed by atoms with Gasteiger partial charge in [-0.05, 0) is 59.8 Å². The summed E-state index contributed by atoms with van der Waals surface area (Å²) in [6, 6.07) is 9.00. The van der Waals surface area contributed by atoms with Crippen LogP contribution in [-0.4, -0.2) is 12.5 Å². The molecule has 0 radical (unpaired) electrons. The Morgan fingerprint density at radius 2 is 2.10 bits per heavy atom. The predicted octanol–water partition coefficient (Wildman–Crippen LogP) is 3.66. The largest absolute Gasteiger partial charge is 0.494 e. The van der Waals surface area contributed by atoms with Crippen LogP contribution in [0, 0.1) is 9.39 Å². The van der Waals surface area contributed by atoms with Crippen LogP contribution >= 0.6 is 22.6 Å². The number of rotatable bonds is 4. The molecule has 0 unspecified atom stereocenters. The van der Waals surface area contributed by atoms with Crippen LogP contribution in [0.3, 0.4) is 0 Å². The number of carbonyl (C=O) groups excluding carboxylic acids is 1. The Morgan fingerprint density at radius 3 is 2.76 bits per heavy atom. The van der Waals surface area contributed by atoms with Crippen molar-refractivity contribution in [3.63, 3.8) is 0 Å². The fourth-order valence-corrected chi connectivity index (χ4v) is 2.40. The highest BCUT2D eigenvalue weighted by Crippen LogP contribution is 2.22. The van der Waals surface area contributed by atoms with Gasteiger partial charge in [-0.15, -0.1) is 0 Å². The van der Waals surface area contributed by atoms with E-state index >= 15 is 0 Å². The highest BCUT2D eigenvalue weighted by Gasteiger charge is 2.11. The van der Waals surface area contributed by atoms with Gasteiger partial charge in [0.2, 0.25) is 0 Å². The number of hydrogen-bond donors (Lipinski definition) is 2. The number of benzene rings is 2. The second-order valence-corrected chi connectivity index (χ2v) is 5.46. The predicted molar refractivity (Wildman–Crippen MR) is 89.1 cm³/mol. The molecule has 2 aromatic rings. The fourth-order valence-electron chi connectivity index (χ4n) is 1.79. The van der Waals surface area contributed by atoms with Crippen molar-refractivity contribution in [2.24, 2.45) is 0 Å². The van der Waals surface area contributed by atoms with Gasteiger partial charge < -0.3 is 15.8 Å². The lowest BCUT2D eigenvalue weighted by Crippen LogP contribution is -2.13. The van der Waals surface area contributed by atoms with E-state index in [4.69, 9.17) is 10.5 Å². The summed E-state index contributed by atoms with van der Waals surface area (Å²) in [5.41, 5.74) is 7.14. The van der Waals surface area contributed by atoms with E-state index < -0.39 is 0 Å². The van der Waals surface area contributed by atoms with E-state index in [0.29, 0.717) is 32.9 Å². The molecule has 2 rings (SSSR count). The van der Waals surface area contributed by atoms with E-state index in [1.807, 2.05) is 29.5 Å². The maximum absolute atomic E-state index is 13.0. The number of nitrogens with two attached hydrogens (primary N) is 1. The average molecular weight is 400 g/mol. The maximum Gasteiger partial charge on any atom is 0.255 e. The van der Waals surface area contributed by atoms with Crippen LogP contribution < -0.4 is 15.8 Å². The van der Waals surface area contributed by atoms with Crippen molar-refractivity contribution in [3.05, 3.63) is 51.3 Å². The van der Waals surface area contributed by atoms with Crippen LogP contribution in [0.25, 0.3) is 0 Å². The number of anilines is 2. The van der Waals surface area contributed by atoms with Gasteiger partial charge in [0, 0.05) is 20.9 Å². The monoisotopic (exact) mass is 400 g/mol. The third-order valence-corrected chi connectivity index (χ3v) is 3.57. The SMILES string of the molecule is CCOc1cc(N)cc(C(=O)Nc2ccc(F)cc2I)c1. The highest BCUT2D eigenvalue weighted by atomic mass is 127. The Kier molecular flexibility index (Phi) is 5.00. The smallest absolute Gasteiger partial charge is 0.255 e. The number of amides is 1. The van der Waals surface area contributed by atoms with E-state index in [1.54, 1.807) is 18.2 Å². The van der Waals surface area contributed by atoms with Gasteiger partial charge in [-0.3, -0.25) is 4.79 Å². The normalized spacial score (nSPS) is 10.2. The molecule has 0 saturated heterocycles. The van der Waals surface area contributed by atoms with Crippen LogP contribution in [0.1, 0.15) is 17.3 Å². The molecule has 0 aliphatic carbocycles. The van der Waals surface area contributed by atoms with Gasteiger partial charge in [0.1, 0.15) is 11.6 Å². The standard InChI is InChI=1S/C15H14FIN2O2/c1-2-21-12-6-9(5-11(18)8-12)15(20)19-14-4-3-10(16)7-13(14)17/h3-8H,2,18H2,1H3,(H,19,20). The molecule has 1 amide bonds. The summed E-state index contributed by atoms with van der Waals surface area (Å²) in [6.45, 7) is 2.34. The number of hydrogen-bond acceptors (Lipinski definition) is 3. The van der Waals surface area contributed by atoms with Crippen LogP contribution in [0.15, 0.2) is 36.4 Å². The third kappa shape index (κ3) is 4.07. The Hall–Kier alpha value is -1.83. The first kappa shape index (κ1) is 15.6. The molecule has 2 aromatic carbocycles. The molecule has 0 aliphatic heterocycles. The summed E-state index contributed by atoms with van der Waals surface area (Å²) in [7, 11) is 0. The van der Waals surface area contributed by atoms with Gasteiger partial charge >= 0.3 is 0 Å². The molecule has 0 fully saturated rings. The Labute approximate surface area is 135 Å². The van der Waals surface area contributed by atoms with Crippen LogP contribution in [0.5, 0.6) is 5.75 Å². The summed E-state index contributed by atoms with van der Waals surface area (Å²) in [5.74, 6) is -0.135. The Bertz CT molecular complexity index is 677. The van der Waals surface area contributed by atoms with Gasteiger partial charge in [-0.1, -0.05) is 0 Å². The second-order valence-electron chi connectivity index (χ2n) is 4.30. The molecule has 0 bridgehead atoms. The highest BCUT2D eigenvalue weighted by molar-refractivity contribution is 14.1. The number of carbonyl (C=O) groups is 1.